The van der Waals surface area contributed by atoms with Crippen molar-refractivity contribution >= 4 is 33.0 Å². The van der Waals surface area contributed by atoms with Crippen LogP contribution in [0.3, 0.4) is 0 Å². The van der Waals surface area contributed by atoms with Gasteiger partial charge in [-0.05, 0) is 54.8 Å². The number of ether oxygens (including phenoxy) is 1. The van der Waals surface area contributed by atoms with Gasteiger partial charge in [-0.25, -0.2) is 8.42 Å². The van der Waals surface area contributed by atoms with Gasteiger partial charge in [-0.1, -0.05) is 23.2 Å². The van der Waals surface area contributed by atoms with Gasteiger partial charge < -0.3 is 9.84 Å². The molecule has 1 aliphatic carbocycles. The molecule has 1 saturated heterocycles. The molecule has 2 aromatic carbocycles. The molecule has 2 aliphatic rings. The van der Waals surface area contributed by atoms with Gasteiger partial charge in [-0.2, -0.15) is 0 Å². The standard InChI is InChI=1S/C20H21Cl2NO4S/c1-28(25,26)15-4-2-14(3-5-15)27-20-17-8-12(21)9-18(22)16(17)10-19(20)23-7-6-13(24)11-23/h2-5,8-9,13,19-20,24H,6-7,10-11H2,1H3/t13-,19-,20-/m0/s1. The molecule has 0 saturated carbocycles. The number of nitrogens with zero attached hydrogens (tertiary/aromatic N) is 1. The van der Waals surface area contributed by atoms with E-state index >= 15 is 0 Å². The number of sulfone groups is 1. The van der Waals surface area contributed by atoms with E-state index in [9.17, 15) is 13.5 Å². The minimum absolute atomic E-state index is 0.0256. The molecule has 0 radical (unpaired) electrons. The SMILES string of the molecule is CS(=O)(=O)c1ccc(O[C@H]2c3cc(Cl)cc(Cl)c3C[C@@H]2N2CC[C@H](O)C2)cc1. The van der Waals surface area contributed by atoms with E-state index in [1.54, 1.807) is 30.3 Å². The quantitative estimate of drug-likeness (QED) is 0.785. The van der Waals surface area contributed by atoms with Gasteiger partial charge in [0, 0.05) is 35.0 Å². The number of benzene rings is 2. The lowest BCUT2D eigenvalue weighted by atomic mass is 10.1. The van der Waals surface area contributed by atoms with Gasteiger partial charge in [0.1, 0.15) is 11.9 Å². The van der Waals surface area contributed by atoms with Crippen LogP contribution in [0.1, 0.15) is 23.7 Å². The maximum absolute atomic E-state index is 11.7. The van der Waals surface area contributed by atoms with Crippen LogP contribution in [-0.2, 0) is 16.3 Å². The summed E-state index contributed by atoms with van der Waals surface area (Å²) >= 11 is 12.7. The Morgan fingerprint density at radius 1 is 1.18 bits per heavy atom. The number of halogens is 2. The van der Waals surface area contributed by atoms with Crippen molar-refractivity contribution in [3.63, 3.8) is 0 Å². The molecule has 0 amide bonds. The van der Waals surface area contributed by atoms with Crippen molar-refractivity contribution in [2.45, 2.75) is 36.0 Å². The van der Waals surface area contributed by atoms with Crippen LogP contribution >= 0.6 is 23.2 Å². The Hall–Kier alpha value is -1.31. The Balaban J connectivity index is 1.67. The second-order valence-electron chi connectivity index (χ2n) is 7.45. The number of hydrogen-bond acceptors (Lipinski definition) is 5. The van der Waals surface area contributed by atoms with E-state index in [1.807, 2.05) is 6.07 Å². The smallest absolute Gasteiger partial charge is 0.175 e. The normalized spacial score (nSPS) is 25.1. The lowest BCUT2D eigenvalue weighted by molar-refractivity contribution is 0.0818. The molecule has 4 rings (SSSR count). The molecule has 150 valence electrons. The van der Waals surface area contributed by atoms with Crippen LogP contribution in [0.5, 0.6) is 5.75 Å². The monoisotopic (exact) mass is 441 g/mol. The van der Waals surface area contributed by atoms with Crippen molar-refractivity contribution in [1.29, 1.82) is 0 Å². The molecule has 2 aromatic rings. The highest BCUT2D eigenvalue weighted by atomic mass is 35.5. The Bertz CT molecular complexity index is 994. The van der Waals surface area contributed by atoms with Crippen LogP contribution in [-0.4, -0.2) is 49.9 Å². The molecule has 3 atom stereocenters. The van der Waals surface area contributed by atoms with Gasteiger partial charge in [0.2, 0.25) is 0 Å². The summed E-state index contributed by atoms with van der Waals surface area (Å²) in [6.45, 7) is 1.38. The van der Waals surface area contributed by atoms with Crippen molar-refractivity contribution in [3.8, 4) is 5.75 Å². The highest BCUT2D eigenvalue weighted by Crippen LogP contribution is 2.43. The second kappa shape index (κ2) is 7.50. The number of β-amino-alcohol motifs (C(OH)–C–C–N with tert-alkyl or cyclic N) is 1. The van der Waals surface area contributed by atoms with Crippen LogP contribution in [0.2, 0.25) is 10.0 Å². The maximum Gasteiger partial charge on any atom is 0.175 e. The number of likely N-dealkylation sites (tertiary alicyclic amines) is 1. The fraction of sp³-hybridized carbons (Fsp3) is 0.400. The molecular formula is C20H21Cl2NO4S. The number of fused-ring (bicyclic) bond motifs is 1. The van der Waals surface area contributed by atoms with E-state index in [-0.39, 0.29) is 23.1 Å². The average molecular weight is 442 g/mol. The molecule has 0 spiro atoms. The van der Waals surface area contributed by atoms with E-state index < -0.39 is 9.84 Å². The van der Waals surface area contributed by atoms with Crippen LogP contribution in [0.4, 0.5) is 0 Å². The molecule has 0 aromatic heterocycles. The third-order valence-corrected chi connectivity index (χ3v) is 7.13. The highest BCUT2D eigenvalue weighted by molar-refractivity contribution is 7.90. The van der Waals surface area contributed by atoms with Crippen LogP contribution < -0.4 is 4.74 Å². The van der Waals surface area contributed by atoms with E-state index in [2.05, 4.69) is 4.90 Å². The number of rotatable bonds is 4. The predicted molar refractivity (Wildman–Crippen MR) is 109 cm³/mol. The molecular weight excluding hydrogens is 421 g/mol. The Labute approximate surface area is 174 Å². The van der Waals surface area contributed by atoms with Gasteiger partial charge in [-0.3, -0.25) is 4.90 Å². The Morgan fingerprint density at radius 3 is 2.50 bits per heavy atom. The van der Waals surface area contributed by atoms with Gasteiger partial charge in [0.15, 0.2) is 9.84 Å². The summed E-state index contributed by atoms with van der Waals surface area (Å²) in [7, 11) is -3.26. The summed E-state index contributed by atoms with van der Waals surface area (Å²) in [6, 6.07) is 10.1. The molecule has 28 heavy (non-hydrogen) atoms. The summed E-state index contributed by atoms with van der Waals surface area (Å²) in [5.74, 6) is 0.575. The second-order valence-corrected chi connectivity index (χ2v) is 10.3. The third-order valence-electron chi connectivity index (χ3n) is 5.44. The number of hydrogen-bond donors (Lipinski definition) is 1. The van der Waals surface area contributed by atoms with E-state index in [1.165, 1.54) is 6.26 Å². The maximum atomic E-state index is 11.7. The molecule has 1 fully saturated rings. The fourth-order valence-electron chi connectivity index (χ4n) is 4.06. The van der Waals surface area contributed by atoms with E-state index in [4.69, 9.17) is 27.9 Å². The zero-order valence-electron chi connectivity index (χ0n) is 15.3. The van der Waals surface area contributed by atoms with Crippen LogP contribution in [0, 0.1) is 0 Å². The Kier molecular flexibility index (Phi) is 5.35. The molecule has 1 heterocycles. The molecule has 0 unspecified atom stereocenters. The molecule has 1 aliphatic heterocycles. The lowest BCUT2D eigenvalue weighted by Crippen LogP contribution is -2.39. The van der Waals surface area contributed by atoms with Crippen molar-refractivity contribution in [2.75, 3.05) is 19.3 Å². The van der Waals surface area contributed by atoms with Gasteiger partial charge >= 0.3 is 0 Å². The molecule has 0 bridgehead atoms. The van der Waals surface area contributed by atoms with Gasteiger partial charge in [0.25, 0.3) is 0 Å². The van der Waals surface area contributed by atoms with Gasteiger partial charge in [0.05, 0.1) is 17.0 Å². The first kappa shape index (κ1) is 20.0. The zero-order chi connectivity index (χ0) is 20.1. The van der Waals surface area contributed by atoms with Crippen molar-refractivity contribution in [2.24, 2.45) is 0 Å². The minimum Gasteiger partial charge on any atom is -0.484 e. The molecule has 5 nitrogen and oxygen atoms in total. The summed E-state index contributed by atoms with van der Waals surface area (Å²) in [5, 5.41) is 11.1. The summed E-state index contributed by atoms with van der Waals surface area (Å²) in [4.78, 5) is 2.47. The topological polar surface area (TPSA) is 66.8 Å². The highest BCUT2D eigenvalue weighted by Gasteiger charge is 2.41. The minimum atomic E-state index is -3.26. The molecule has 8 heteroatoms. The first-order chi connectivity index (χ1) is 13.2. The van der Waals surface area contributed by atoms with Crippen molar-refractivity contribution in [1.82, 2.24) is 4.90 Å². The predicted octanol–water partition coefficient (Wildman–Crippen LogP) is 3.51. The number of aliphatic hydroxyl groups excluding tert-OH is 1. The van der Waals surface area contributed by atoms with E-state index in [0.717, 1.165) is 24.1 Å². The first-order valence-corrected chi connectivity index (χ1v) is 11.7. The Morgan fingerprint density at radius 2 is 1.89 bits per heavy atom. The van der Waals surface area contributed by atoms with E-state index in [0.29, 0.717) is 28.8 Å². The van der Waals surface area contributed by atoms with Crippen molar-refractivity contribution in [3.05, 3.63) is 57.6 Å². The summed E-state index contributed by atoms with van der Waals surface area (Å²) < 4.78 is 29.7. The van der Waals surface area contributed by atoms with Gasteiger partial charge in [-0.15, -0.1) is 0 Å². The lowest BCUT2D eigenvalue weighted by Gasteiger charge is -2.30. The zero-order valence-corrected chi connectivity index (χ0v) is 17.6. The fourth-order valence-corrected chi connectivity index (χ4v) is 5.28. The van der Waals surface area contributed by atoms with Crippen LogP contribution in [0.15, 0.2) is 41.3 Å². The summed E-state index contributed by atoms with van der Waals surface area (Å²) in [6.07, 6.45) is 1.98. The molecule has 1 N–H and O–H groups in total. The third kappa shape index (κ3) is 3.89. The first-order valence-electron chi connectivity index (χ1n) is 9.09. The summed E-state index contributed by atoms with van der Waals surface area (Å²) in [5.41, 5.74) is 1.95. The average Bonchev–Trinajstić information content (AvgIpc) is 3.19. The van der Waals surface area contributed by atoms with Crippen LogP contribution in [0.25, 0.3) is 0 Å². The largest absolute Gasteiger partial charge is 0.484 e. The van der Waals surface area contributed by atoms with Crippen molar-refractivity contribution < 1.29 is 18.3 Å². The number of aliphatic hydroxyl groups is 1.